The Labute approximate surface area is 149 Å². The summed E-state index contributed by atoms with van der Waals surface area (Å²) in [7, 11) is 1.77. The van der Waals surface area contributed by atoms with Gasteiger partial charge in [-0.05, 0) is 40.3 Å². The van der Waals surface area contributed by atoms with Gasteiger partial charge in [0.25, 0.3) is 0 Å². The Kier molecular flexibility index (Phi) is 2.48. The summed E-state index contributed by atoms with van der Waals surface area (Å²) in [4.78, 5) is 0. The van der Waals surface area contributed by atoms with Crippen molar-refractivity contribution in [2.45, 2.75) is 0 Å². The van der Waals surface area contributed by atoms with E-state index in [1.807, 2.05) is 11.3 Å². The predicted octanol–water partition coefficient (Wildman–Crippen LogP) is 6.86. The smallest absolute Gasteiger partial charge is 0.127 e. The van der Waals surface area contributed by atoms with Crippen LogP contribution < -0.4 is 4.74 Å². The largest absolute Gasteiger partial charge is 0.496 e. The molecule has 1 aliphatic carbocycles. The van der Waals surface area contributed by atoms with E-state index in [4.69, 9.17) is 4.74 Å². The SMILES string of the molecule is COc1ccc2ccc3sc4cccc5c4c3c2c1-c1ccccc1-5. The van der Waals surface area contributed by atoms with Gasteiger partial charge < -0.3 is 4.74 Å². The second-order valence-electron chi connectivity index (χ2n) is 6.51. The molecule has 2 heteroatoms. The number of fused-ring (bicyclic) bond motifs is 3. The number of ether oxygens (including phenoxy) is 1. The highest BCUT2D eigenvalue weighted by Crippen LogP contribution is 2.52. The van der Waals surface area contributed by atoms with E-state index in [9.17, 15) is 0 Å². The van der Waals surface area contributed by atoms with Crippen molar-refractivity contribution in [3.8, 4) is 28.0 Å². The summed E-state index contributed by atoms with van der Waals surface area (Å²) in [6.07, 6.45) is 0. The number of thiophene rings is 1. The highest BCUT2D eigenvalue weighted by atomic mass is 32.1. The molecule has 1 aromatic heterocycles. The lowest BCUT2D eigenvalue weighted by Crippen LogP contribution is -1.91. The van der Waals surface area contributed by atoms with Gasteiger partial charge >= 0.3 is 0 Å². The van der Waals surface area contributed by atoms with Crippen LogP contribution in [-0.2, 0) is 0 Å². The standard InChI is InChI=1S/C23H14OS/c1-24-17-11-9-13-10-12-19-23-20(13)21(17)15-6-3-2-5-14(15)16-7-4-8-18(25-19)22(16)23/h2-12H,1H3. The molecule has 118 valence electrons. The predicted molar refractivity (Wildman–Crippen MR) is 108 cm³/mol. The monoisotopic (exact) mass is 338 g/mol. The van der Waals surface area contributed by atoms with Crippen molar-refractivity contribution < 1.29 is 4.74 Å². The van der Waals surface area contributed by atoms with Crippen LogP contribution in [0.1, 0.15) is 0 Å². The third-order valence-corrected chi connectivity index (χ3v) is 6.43. The van der Waals surface area contributed by atoms with E-state index in [1.54, 1.807) is 7.11 Å². The van der Waals surface area contributed by atoms with Crippen LogP contribution in [0.5, 0.6) is 5.75 Å². The zero-order chi connectivity index (χ0) is 16.5. The molecule has 0 amide bonds. The Morgan fingerprint density at radius 1 is 0.640 bits per heavy atom. The third kappa shape index (κ3) is 1.58. The molecule has 5 aromatic rings. The molecule has 1 aliphatic rings. The lowest BCUT2D eigenvalue weighted by Gasteiger charge is -2.14. The highest BCUT2D eigenvalue weighted by Gasteiger charge is 2.24. The molecule has 0 aliphatic heterocycles. The summed E-state index contributed by atoms with van der Waals surface area (Å²) in [5, 5.41) is 5.35. The van der Waals surface area contributed by atoms with Crippen LogP contribution in [0, 0.1) is 0 Å². The molecule has 0 radical (unpaired) electrons. The molecule has 1 heterocycles. The van der Waals surface area contributed by atoms with Gasteiger partial charge in [0.05, 0.1) is 7.11 Å². The number of benzene rings is 4. The number of rotatable bonds is 1. The normalized spacial score (nSPS) is 12.2. The van der Waals surface area contributed by atoms with Crippen LogP contribution in [0.15, 0.2) is 66.7 Å². The highest BCUT2D eigenvalue weighted by molar-refractivity contribution is 7.26. The minimum atomic E-state index is 0.944. The van der Waals surface area contributed by atoms with Crippen LogP contribution in [0.3, 0.4) is 0 Å². The molecule has 4 aromatic carbocycles. The Hall–Kier alpha value is -2.84. The van der Waals surface area contributed by atoms with Gasteiger partial charge in [-0.1, -0.05) is 48.5 Å². The van der Waals surface area contributed by atoms with E-state index < -0.39 is 0 Å². The Morgan fingerprint density at radius 2 is 1.40 bits per heavy atom. The summed E-state index contributed by atoms with van der Waals surface area (Å²) >= 11 is 1.88. The van der Waals surface area contributed by atoms with Crippen molar-refractivity contribution >= 4 is 42.3 Å². The molecule has 0 spiro atoms. The fraction of sp³-hybridized carbons (Fsp3) is 0.0435. The Bertz CT molecular complexity index is 1330. The molecular weight excluding hydrogens is 324 g/mol. The molecule has 0 bridgehead atoms. The summed E-state index contributed by atoms with van der Waals surface area (Å²) in [5.41, 5.74) is 5.09. The van der Waals surface area contributed by atoms with E-state index in [0.717, 1.165) is 5.75 Å². The molecule has 1 nitrogen and oxygen atoms in total. The summed E-state index contributed by atoms with van der Waals surface area (Å²) in [6.45, 7) is 0. The van der Waals surface area contributed by atoms with Crippen molar-refractivity contribution in [3.05, 3.63) is 66.7 Å². The molecule has 0 unspecified atom stereocenters. The Morgan fingerprint density at radius 3 is 2.28 bits per heavy atom. The van der Waals surface area contributed by atoms with E-state index >= 15 is 0 Å². The van der Waals surface area contributed by atoms with Crippen molar-refractivity contribution in [3.63, 3.8) is 0 Å². The minimum absolute atomic E-state index is 0.944. The van der Waals surface area contributed by atoms with Gasteiger partial charge in [0, 0.05) is 31.1 Å². The second-order valence-corrected chi connectivity index (χ2v) is 7.59. The van der Waals surface area contributed by atoms with Gasteiger partial charge in [-0.25, -0.2) is 0 Å². The van der Waals surface area contributed by atoms with Crippen LogP contribution in [0.25, 0.3) is 53.2 Å². The fourth-order valence-corrected chi connectivity index (χ4v) is 5.44. The molecule has 0 saturated carbocycles. The van der Waals surface area contributed by atoms with Crippen molar-refractivity contribution in [1.82, 2.24) is 0 Å². The van der Waals surface area contributed by atoms with E-state index in [2.05, 4.69) is 66.7 Å². The average molecular weight is 338 g/mol. The molecular formula is C23H14OS. The first-order valence-corrected chi connectivity index (χ1v) is 9.23. The van der Waals surface area contributed by atoms with Crippen LogP contribution in [0.2, 0.25) is 0 Å². The number of hydrogen-bond acceptors (Lipinski definition) is 2. The molecule has 6 rings (SSSR count). The maximum Gasteiger partial charge on any atom is 0.127 e. The maximum atomic E-state index is 5.79. The molecule has 25 heavy (non-hydrogen) atoms. The van der Waals surface area contributed by atoms with Crippen molar-refractivity contribution in [2.24, 2.45) is 0 Å². The first-order valence-electron chi connectivity index (χ1n) is 8.41. The van der Waals surface area contributed by atoms with Gasteiger partial charge in [0.2, 0.25) is 0 Å². The molecule has 0 fully saturated rings. The van der Waals surface area contributed by atoms with Crippen molar-refractivity contribution in [1.29, 1.82) is 0 Å². The summed E-state index contributed by atoms with van der Waals surface area (Å²) in [5.74, 6) is 0.944. The quantitative estimate of drug-likeness (QED) is 0.318. The zero-order valence-electron chi connectivity index (χ0n) is 13.7. The molecule has 0 atom stereocenters. The van der Waals surface area contributed by atoms with Crippen LogP contribution >= 0.6 is 11.3 Å². The summed E-state index contributed by atoms with van der Waals surface area (Å²) in [6, 6.07) is 24.2. The van der Waals surface area contributed by atoms with Gasteiger partial charge in [-0.3, -0.25) is 0 Å². The summed E-state index contributed by atoms with van der Waals surface area (Å²) < 4.78 is 8.49. The number of methoxy groups -OCH3 is 1. The van der Waals surface area contributed by atoms with Gasteiger partial charge in [0.1, 0.15) is 5.75 Å². The number of hydrogen-bond donors (Lipinski definition) is 0. The lowest BCUT2D eigenvalue weighted by molar-refractivity contribution is 0.417. The second kappa shape index (κ2) is 4.62. The minimum Gasteiger partial charge on any atom is -0.496 e. The van der Waals surface area contributed by atoms with Crippen LogP contribution in [-0.4, -0.2) is 7.11 Å². The first kappa shape index (κ1) is 13.5. The van der Waals surface area contributed by atoms with E-state index in [0.29, 0.717) is 0 Å². The van der Waals surface area contributed by atoms with Crippen LogP contribution in [0.4, 0.5) is 0 Å². The average Bonchev–Trinajstić information content (AvgIpc) is 2.99. The Balaban J connectivity index is 2.05. The van der Waals surface area contributed by atoms with Gasteiger partial charge in [0.15, 0.2) is 0 Å². The van der Waals surface area contributed by atoms with Crippen molar-refractivity contribution in [2.75, 3.05) is 7.11 Å². The topological polar surface area (TPSA) is 9.23 Å². The van der Waals surface area contributed by atoms with E-state index in [1.165, 1.54) is 53.2 Å². The fourth-order valence-electron chi connectivity index (χ4n) is 4.30. The first-order chi connectivity index (χ1) is 12.4. The van der Waals surface area contributed by atoms with Gasteiger partial charge in [-0.2, -0.15) is 0 Å². The molecule has 0 N–H and O–H groups in total. The van der Waals surface area contributed by atoms with E-state index in [-0.39, 0.29) is 0 Å². The lowest BCUT2D eigenvalue weighted by atomic mass is 9.93. The maximum absolute atomic E-state index is 5.79. The molecule has 0 saturated heterocycles. The van der Waals surface area contributed by atoms with Gasteiger partial charge in [-0.15, -0.1) is 11.3 Å². The zero-order valence-corrected chi connectivity index (χ0v) is 14.5. The third-order valence-electron chi connectivity index (χ3n) is 5.31.